The third-order valence-corrected chi connectivity index (χ3v) is 5.04. The van der Waals surface area contributed by atoms with Crippen LogP contribution in [0.4, 0.5) is 5.82 Å². The van der Waals surface area contributed by atoms with Crippen LogP contribution in [0.2, 0.25) is 0 Å². The quantitative estimate of drug-likeness (QED) is 0.465. The Morgan fingerprint density at radius 3 is 2.63 bits per heavy atom. The van der Waals surface area contributed by atoms with E-state index in [9.17, 15) is 9.59 Å². The number of imidazole rings is 1. The molecule has 9 nitrogen and oxygen atoms in total. The van der Waals surface area contributed by atoms with Crippen LogP contribution in [0.3, 0.4) is 0 Å². The number of unbranched alkanes of at least 4 members (excludes halogenated alkanes) is 1. The van der Waals surface area contributed by atoms with Crippen LogP contribution in [0.5, 0.6) is 0 Å². The molecule has 3 rings (SSSR count). The molecular weight excluding hydrogens is 366 g/mol. The predicted molar refractivity (Wildman–Crippen MR) is 106 cm³/mol. The molecule has 0 bridgehead atoms. The van der Waals surface area contributed by atoms with E-state index in [0.717, 1.165) is 18.5 Å². The van der Waals surface area contributed by atoms with E-state index in [1.807, 2.05) is 25.3 Å². The first-order valence-corrected chi connectivity index (χ1v) is 9.89. The zero-order valence-electron chi connectivity index (χ0n) is 15.7. The highest BCUT2D eigenvalue weighted by molar-refractivity contribution is 7.98. The molecule has 0 atom stereocenters. The van der Waals surface area contributed by atoms with Crippen LogP contribution in [0.15, 0.2) is 20.8 Å². The monoisotopic (exact) mass is 389 g/mol. The van der Waals surface area contributed by atoms with Gasteiger partial charge >= 0.3 is 5.69 Å². The first-order chi connectivity index (χ1) is 12.9. The Morgan fingerprint density at radius 2 is 1.96 bits per heavy atom. The van der Waals surface area contributed by atoms with E-state index in [0.29, 0.717) is 46.8 Å². The van der Waals surface area contributed by atoms with E-state index in [-0.39, 0.29) is 0 Å². The van der Waals surface area contributed by atoms with E-state index in [1.54, 1.807) is 10.6 Å². The topological polar surface area (TPSA) is 124 Å². The van der Waals surface area contributed by atoms with Crippen molar-refractivity contribution in [2.45, 2.75) is 57.6 Å². The first-order valence-electron chi connectivity index (χ1n) is 8.90. The Labute approximate surface area is 160 Å². The molecule has 27 heavy (non-hydrogen) atoms. The fourth-order valence-electron chi connectivity index (χ4n) is 2.95. The second-order valence-corrected chi connectivity index (χ2v) is 7.16. The molecule has 0 saturated heterocycles. The average molecular weight is 389 g/mol. The first kappa shape index (κ1) is 19.2. The van der Waals surface area contributed by atoms with Gasteiger partial charge in [0.2, 0.25) is 0 Å². The zero-order valence-corrected chi connectivity index (χ0v) is 16.5. The highest BCUT2D eigenvalue weighted by Crippen LogP contribution is 2.22. The summed E-state index contributed by atoms with van der Waals surface area (Å²) in [7, 11) is 0. The van der Waals surface area contributed by atoms with Crippen molar-refractivity contribution in [1.29, 1.82) is 0 Å². The van der Waals surface area contributed by atoms with Gasteiger partial charge in [0.05, 0.1) is 5.75 Å². The molecule has 0 aliphatic heterocycles. The van der Waals surface area contributed by atoms with Gasteiger partial charge in [0.1, 0.15) is 11.6 Å². The summed E-state index contributed by atoms with van der Waals surface area (Å²) in [5.41, 5.74) is 6.59. The fourth-order valence-corrected chi connectivity index (χ4v) is 3.81. The van der Waals surface area contributed by atoms with Crippen LogP contribution in [-0.4, -0.2) is 29.1 Å². The molecule has 3 N–H and O–H groups in total. The molecule has 3 aromatic heterocycles. The van der Waals surface area contributed by atoms with Crippen molar-refractivity contribution in [3.8, 4) is 0 Å². The highest BCUT2D eigenvalue weighted by atomic mass is 32.2. The normalized spacial score (nSPS) is 11.4. The number of hydrogen-bond acceptors (Lipinski definition) is 7. The van der Waals surface area contributed by atoms with Gasteiger partial charge in [-0.25, -0.2) is 19.7 Å². The number of hydrogen-bond donors (Lipinski definition) is 2. The van der Waals surface area contributed by atoms with Gasteiger partial charge in [-0.1, -0.05) is 25.1 Å². The molecule has 0 aliphatic rings. The third-order valence-electron chi connectivity index (χ3n) is 4.20. The number of thioether (sulfide) groups is 1. The lowest BCUT2D eigenvalue weighted by Crippen LogP contribution is -2.31. The number of H-pyrrole nitrogens is 1. The van der Waals surface area contributed by atoms with Gasteiger partial charge in [-0.05, 0) is 20.3 Å². The van der Waals surface area contributed by atoms with E-state index in [4.69, 9.17) is 5.73 Å². The molecule has 0 unspecified atom stereocenters. The average Bonchev–Trinajstić information content (AvgIpc) is 2.98. The zero-order chi connectivity index (χ0) is 19.6. The maximum atomic E-state index is 12.4. The van der Waals surface area contributed by atoms with E-state index in [1.165, 1.54) is 11.8 Å². The minimum atomic E-state index is -0.421. The predicted octanol–water partition coefficient (Wildman–Crippen LogP) is 1.68. The number of nitrogens with two attached hydrogens (primary N) is 1. The second kappa shape index (κ2) is 7.95. The van der Waals surface area contributed by atoms with Crippen LogP contribution >= 0.6 is 11.8 Å². The smallest absolute Gasteiger partial charge is 0.330 e. The van der Waals surface area contributed by atoms with Gasteiger partial charge in [0, 0.05) is 24.8 Å². The Bertz CT molecular complexity index is 1060. The number of rotatable bonds is 7. The van der Waals surface area contributed by atoms with Crippen molar-refractivity contribution < 1.29 is 0 Å². The Kier molecular flexibility index (Phi) is 5.64. The Balaban J connectivity index is 2.03. The van der Waals surface area contributed by atoms with Crippen molar-refractivity contribution >= 4 is 28.7 Å². The SMILES string of the molecule is CCCCn1c(=O)[nH]c(=O)c2c1nc(CSc1nc(C)cc(N)n1)n2CC. The van der Waals surface area contributed by atoms with E-state index in [2.05, 4.69) is 19.9 Å². The largest absolute Gasteiger partial charge is 0.384 e. The molecule has 0 aliphatic carbocycles. The molecule has 0 radical (unpaired) electrons. The van der Waals surface area contributed by atoms with E-state index >= 15 is 0 Å². The van der Waals surface area contributed by atoms with Crippen LogP contribution in [0.25, 0.3) is 11.2 Å². The molecule has 0 amide bonds. The number of aryl methyl sites for hydroxylation is 3. The van der Waals surface area contributed by atoms with Gasteiger partial charge in [-0.2, -0.15) is 0 Å². The third kappa shape index (κ3) is 3.90. The van der Waals surface area contributed by atoms with Gasteiger partial charge in [-0.3, -0.25) is 14.3 Å². The number of nitrogens with zero attached hydrogens (tertiary/aromatic N) is 5. The number of fused-ring (bicyclic) bond motifs is 1. The van der Waals surface area contributed by atoms with Crippen LogP contribution in [0, 0.1) is 6.92 Å². The standard InChI is InChI=1S/C17H23N7O2S/c1-4-6-7-24-14-13(15(25)22-17(24)26)23(5-2)12(21-14)9-27-16-19-10(3)8-11(18)20-16/h8H,4-7,9H2,1-3H3,(H2,18,19,20)(H,22,25,26). The number of nitrogens with one attached hydrogen (secondary N) is 1. The summed E-state index contributed by atoms with van der Waals surface area (Å²) >= 11 is 1.40. The minimum absolute atomic E-state index is 0.413. The lowest BCUT2D eigenvalue weighted by Gasteiger charge is -2.06. The number of aromatic nitrogens is 6. The molecule has 0 fully saturated rings. The molecule has 3 heterocycles. The molecule has 0 aromatic carbocycles. The van der Waals surface area contributed by atoms with Crippen molar-refractivity contribution in [3.63, 3.8) is 0 Å². The summed E-state index contributed by atoms with van der Waals surface area (Å²) in [6, 6.07) is 1.71. The van der Waals surface area contributed by atoms with Gasteiger partial charge in [-0.15, -0.1) is 0 Å². The lowest BCUT2D eigenvalue weighted by atomic mass is 10.3. The number of nitrogen functional groups attached to an aromatic ring is 1. The van der Waals surface area contributed by atoms with E-state index < -0.39 is 11.2 Å². The molecule has 144 valence electrons. The summed E-state index contributed by atoms with van der Waals surface area (Å²) < 4.78 is 3.38. The van der Waals surface area contributed by atoms with Gasteiger partial charge in [0.15, 0.2) is 16.3 Å². The lowest BCUT2D eigenvalue weighted by molar-refractivity contribution is 0.613. The van der Waals surface area contributed by atoms with Crippen molar-refractivity contribution in [2.24, 2.45) is 0 Å². The summed E-state index contributed by atoms with van der Waals surface area (Å²) in [6.45, 7) is 6.94. The summed E-state index contributed by atoms with van der Waals surface area (Å²) in [4.78, 5) is 40.3. The minimum Gasteiger partial charge on any atom is -0.384 e. The van der Waals surface area contributed by atoms with Crippen molar-refractivity contribution in [3.05, 3.63) is 38.4 Å². The number of aromatic amines is 1. The van der Waals surface area contributed by atoms with Gasteiger partial charge < -0.3 is 10.3 Å². The molecule has 10 heteroatoms. The fraction of sp³-hybridized carbons (Fsp3) is 0.471. The molecule has 0 spiro atoms. The Morgan fingerprint density at radius 1 is 1.19 bits per heavy atom. The summed E-state index contributed by atoms with van der Waals surface area (Å²) in [5.74, 6) is 1.58. The van der Waals surface area contributed by atoms with Crippen LogP contribution in [0.1, 0.15) is 38.2 Å². The van der Waals surface area contributed by atoms with Crippen molar-refractivity contribution in [1.82, 2.24) is 29.1 Å². The Hall–Kier alpha value is -2.62. The van der Waals surface area contributed by atoms with Crippen LogP contribution < -0.4 is 17.0 Å². The maximum Gasteiger partial charge on any atom is 0.330 e. The molecule has 3 aromatic rings. The van der Waals surface area contributed by atoms with Crippen molar-refractivity contribution in [2.75, 3.05) is 5.73 Å². The second-order valence-electron chi connectivity index (χ2n) is 6.21. The maximum absolute atomic E-state index is 12.4. The highest BCUT2D eigenvalue weighted by Gasteiger charge is 2.18. The summed E-state index contributed by atoms with van der Waals surface area (Å²) in [6.07, 6.45) is 1.77. The number of anilines is 1. The van der Waals surface area contributed by atoms with Crippen LogP contribution in [-0.2, 0) is 18.8 Å². The molecule has 0 saturated carbocycles. The molecular formula is C17H23N7O2S. The summed E-state index contributed by atoms with van der Waals surface area (Å²) in [5, 5.41) is 0.555. The van der Waals surface area contributed by atoms with Gasteiger partial charge in [0.25, 0.3) is 5.56 Å².